The van der Waals surface area contributed by atoms with E-state index >= 15 is 0 Å². The molecule has 0 fully saturated rings. The van der Waals surface area contributed by atoms with Gasteiger partial charge in [-0.1, -0.05) is 18.2 Å². The van der Waals surface area contributed by atoms with Gasteiger partial charge in [0.05, 0.1) is 10.5 Å². The molecule has 0 unspecified atom stereocenters. The third-order valence-electron chi connectivity index (χ3n) is 2.94. The summed E-state index contributed by atoms with van der Waals surface area (Å²) < 4.78 is 13.6. The molecule has 0 radical (unpaired) electrons. The molecule has 0 atom stereocenters. The number of nitro groups is 1. The summed E-state index contributed by atoms with van der Waals surface area (Å²) in [6.45, 7) is 1.82. The summed E-state index contributed by atoms with van der Waals surface area (Å²) in [5.41, 5.74) is 1.20. The third kappa shape index (κ3) is 3.62. The topological polar surface area (TPSA) is 72.2 Å². The van der Waals surface area contributed by atoms with Gasteiger partial charge < -0.3 is 5.32 Å². The fourth-order valence-electron chi connectivity index (χ4n) is 1.86. The first-order chi connectivity index (χ1) is 9.97. The number of hydrogen-bond donors (Lipinski definition) is 1. The monoisotopic (exact) mass is 288 g/mol. The normalized spacial score (nSPS) is 10.2. The minimum Gasteiger partial charge on any atom is -0.348 e. The van der Waals surface area contributed by atoms with Gasteiger partial charge in [0.1, 0.15) is 5.82 Å². The van der Waals surface area contributed by atoms with E-state index < -0.39 is 16.6 Å². The molecule has 0 spiro atoms. The van der Waals surface area contributed by atoms with Gasteiger partial charge in [-0.15, -0.1) is 0 Å². The van der Waals surface area contributed by atoms with E-state index in [0.29, 0.717) is 5.56 Å². The third-order valence-corrected chi connectivity index (χ3v) is 2.94. The van der Waals surface area contributed by atoms with Gasteiger partial charge in [0, 0.05) is 18.7 Å². The standard InChI is InChI=1S/C15H13FN2O3/c1-10-5-6-13(14(16)7-10)15(19)17-9-11-3-2-4-12(8-11)18(20)21/h2-8H,9H2,1H3,(H,17,19). The van der Waals surface area contributed by atoms with Crippen LogP contribution in [0.4, 0.5) is 10.1 Å². The van der Waals surface area contributed by atoms with E-state index in [0.717, 1.165) is 5.56 Å². The van der Waals surface area contributed by atoms with Crippen LogP contribution < -0.4 is 5.32 Å². The Balaban J connectivity index is 2.07. The Labute approximate surface area is 120 Å². The molecule has 0 aliphatic heterocycles. The number of amides is 1. The Kier molecular flexibility index (Phi) is 4.27. The lowest BCUT2D eigenvalue weighted by atomic mass is 10.1. The summed E-state index contributed by atoms with van der Waals surface area (Å²) in [4.78, 5) is 22.0. The van der Waals surface area contributed by atoms with Crippen molar-refractivity contribution in [3.8, 4) is 0 Å². The maximum atomic E-state index is 13.6. The molecule has 0 aliphatic carbocycles. The summed E-state index contributed by atoms with van der Waals surface area (Å²) in [7, 11) is 0. The van der Waals surface area contributed by atoms with E-state index in [1.165, 1.54) is 30.3 Å². The fraction of sp³-hybridized carbons (Fsp3) is 0.133. The quantitative estimate of drug-likeness (QED) is 0.694. The molecule has 108 valence electrons. The van der Waals surface area contributed by atoms with Crippen LogP contribution in [-0.2, 0) is 6.54 Å². The molecule has 0 aliphatic rings. The zero-order valence-electron chi connectivity index (χ0n) is 11.3. The second-order valence-corrected chi connectivity index (χ2v) is 4.59. The lowest BCUT2D eigenvalue weighted by Crippen LogP contribution is -2.23. The second-order valence-electron chi connectivity index (χ2n) is 4.59. The van der Waals surface area contributed by atoms with Gasteiger partial charge in [-0.25, -0.2) is 4.39 Å². The number of carbonyl (C=O) groups excluding carboxylic acids is 1. The van der Waals surface area contributed by atoms with E-state index in [1.807, 2.05) is 0 Å². The van der Waals surface area contributed by atoms with Crippen molar-refractivity contribution in [2.45, 2.75) is 13.5 Å². The van der Waals surface area contributed by atoms with Gasteiger partial charge in [0.2, 0.25) is 0 Å². The van der Waals surface area contributed by atoms with Crippen molar-refractivity contribution >= 4 is 11.6 Å². The lowest BCUT2D eigenvalue weighted by molar-refractivity contribution is -0.384. The first-order valence-corrected chi connectivity index (χ1v) is 6.25. The summed E-state index contributed by atoms with van der Waals surface area (Å²) in [5, 5.41) is 13.2. The second kappa shape index (κ2) is 6.13. The van der Waals surface area contributed by atoms with Crippen LogP contribution in [0.3, 0.4) is 0 Å². The molecule has 0 heterocycles. The average Bonchev–Trinajstić information content (AvgIpc) is 2.45. The molecule has 0 aromatic heterocycles. The highest BCUT2D eigenvalue weighted by Gasteiger charge is 2.12. The number of nitrogens with zero attached hydrogens (tertiary/aromatic N) is 1. The molecule has 6 heteroatoms. The summed E-state index contributed by atoms with van der Waals surface area (Å²) >= 11 is 0. The number of nitrogens with one attached hydrogen (secondary N) is 1. The van der Waals surface area contributed by atoms with E-state index in [4.69, 9.17) is 0 Å². The maximum Gasteiger partial charge on any atom is 0.269 e. The molecule has 0 saturated heterocycles. The van der Waals surface area contributed by atoms with Crippen molar-refractivity contribution in [2.24, 2.45) is 0 Å². The van der Waals surface area contributed by atoms with Gasteiger partial charge in [-0.2, -0.15) is 0 Å². The number of nitro benzene ring substituents is 1. The van der Waals surface area contributed by atoms with Crippen LogP contribution in [0.15, 0.2) is 42.5 Å². The van der Waals surface area contributed by atoms with Crippen molar-refractivity contribution in [2.75, 3.05) is 0 Å². The van der Waals surface area contributed by atoms with Crippen LogP contribution in [0.25, 0.3) is 0 Å². The SMILES string of the molecule is Cc1ccc(C(=O)NCc2cccc([N+](=O)[O-])c2)c(F)c1. The highest BCUT2D eigenvalue weighted by atomic mass is 19.1. The molecule has 1 N–H and O–H groups in total. The molecule has 0 bridgehead atoms. The molecular formula is C15H13FN2O3. The fourth-order valence-corrected chi connectivity index (χ4v) is 1.86. The Morgan fingerprint density at radius 3 is 2.71 bits per heavy atom. The number of hydrogen-bond acceptors (Lipinski definition) is 3. The van der Waals surface area contributed by atoms with Crippen LogP contribution in [0.5, 0.6) is 0 Å². The smallest absolute Gasteiger partial charge is 0.269 e. The van der Waals surface area contributed by atoms with Crippen LogP contribution in [0.2, 0.25) is 0 Å². The Morgan fingerprint density at radius 2 is 2.05 bits per heavy atom. The molecule has 2 rings (SSSR count). The minimum absolute atomic E-state index is 0.0500. The van der Waals surface area contributed by atoms with Crippen molar-refractivity contribution in [1.29, 1.82) is 0 Å². The average molecular weight is 288 g/mol. The first-order valence-electron chi connectivity index (χ1n) is 6.25. The number of rotatable bonds is 4. The van der Waals surface area contributed by atoms with Crippen molar-refractivity contribution < 1.29 is 14.1 Å². The Morgan fingerprint density at radius 1 is 1.29 bits per heavy atom. The minimum atomic E-state index is -0.591. The summed E-state index contributed by atoms with van der Waals surface area (Å²) in [6, 6.07) is 10.3. The van der Waals surface area contributed by atoms with E-state index in [1.54, 1.807) is 19.1 Å². The van der Waals surface area contributed by atoms with Gasteiger partial charge in [0.25, 0.3) is 11.6 Å². The first kappa shape index (κ1) is 14.6. The number of aryl methyl sites for hydroxylation is 1. The van der Waals surface area contributed by atoms with E-state index in [9.17, 15) is 19.3 Å². The van der Waals surface area contributed by atoms with Crippen molar-refractivity contribution in [3.63, 3.8) is 0 Å². The Hall–Kier alpha value is -2.76. The van der Waals surface area contributed by atoms with Crippen molar-refractivity contribution in [3.05, 3.63) is 75.1 Å². The maximum absolute atomic E-state index is 13.6. The van der Waals surface area contributed by atoms with Crippen LogP contribution in [0, 0.1) is 22.9 Å². The molecule has 0 saturated carbocycles. The lowest BCUT2D eigenvalue weighted by Gasteiger charge is -2.07. The number of carbonyl (C=O) groups is 1. The zero-order valence-corrected chi connectivity index (χ0v) is 11.3. The number of halogens is 1. The number of benzene rings is 2. The predicted molar refractivity (Wildman–Crippen MR) is 75.4 cm³/mol. The van der Waals surface area contributed by atoms with Gasteiger partial charge in [-0.3, -0.25) is 14.9 Å². The van der Waals surface area contributed by atoms with Crippen molar-refractivity contribution in [1.82, 2.24) is 5.32 Å². The molecule has 21 heavy (non-hydrogen) atoms. The van der Waals surface area contributed by atoms with E-state index in [2.05, 4.69) is 5.32 Å². The van der Waals surface area contributed by atoms with Crippen LogP contribution in [-0.4, -0.2) is 10.8 Å². The van der Waals surface area contributed by atoms with E-state index in [-0.39, 0.29) is 17.8 Å². The largest absolute Gasteiger partial charge is 0.348 e. The Bertz CT molecular complexity index is 701. The predicted octanol–water partition coefficient (Wildman–Crippen LogP) is 2.97. The molecule has 2 aromatic carbocycles. The number of non-ortho nitro benzene ring substituents is 1. The van der Waals surface area contributed by atoms with Crippen LogP contribution >= 0.6 is 0 Å². The molecule has 2 aromatic rings. The summed E-state index contributed by atoms with van der Waals surface area (Å²) in [5.74, 6) is -1.15. The van der Waals surface area contributed by atoms with Gasteiger partial charge in [-0.05, 0) is 30.2 Å². The van der Waals surface area contributed by atoms with Gasteiger partial charge >= 0.3 is 0 Å². The zero-order chi connectivity index (χ0) is 15.4. The van der Waals surface area contributed by atoms with Crippen LogP contribution in [0.1, 0.15) is 21.5 Å². The highest BCUT2D eigenvalue weighted by Crippen LogP contribution is 2.14. The molecule has 5 nitrogen and oxygen atoms in total. The molecular weight excluding hydrogens is 275 g/mol. The molecule has 1 amide bonds. The summed E-state index contributed by atoms with van der Waals surface area (Å²) in [6.07, 6.45) is 0. The van der Waals surface area contributed by atoms with Gasteiger partial charge in [0.15, 0.2) is 0 Å². The highest BCUT2D eigenvalue weighted by molar-refractivity contribution is 5.94.